The zero-order valence-electron chi connectivity index (χ0n) is 24.0. The third-order valence-corrected chi connectivity index (χ3v) is 8.13. The number of aromatic nitrogens is 2. The maximum atomic E-state index is 15.4. The Morgan fingerprint density at radius 1 is 1.02 bits per heavy atom. The first kappa shape index (κ1) is 26.9. The predicted molar refractivity (Wildman–Crippen MR) is 155 cm³/mol. The molecule has 0 radical (unpaired) electrons. The zero-order valence-corrected chi connectivity index (χ0v) is 24.0. The first-order valence-electron chi connectivity index (χ1n) is 14.0. The number of aryl methyl sites for hydroxylation is 4. The molecule has 2 atom stereocenters. The number of hydrogen-bond donors (Lipinski definition) is 0. The molecule has 3 aromatic carbocycles. The van der Waals surface area contributed by atoms with E-state index in [4.69, 9.17) is 14.2 Å². The van der Waals surface area contributed by atoms with Gasteiger partial charge in [0.05, 0.1) is 25.8 Å². The molecule has 4 aromatic rings. The van der Waals surface area contributed by atoms with E-state index in [1.165, 1.54) is 7.11 Å². The number of esters is 1. The molecule has 0 spiro atoms. The first-order chi connectivity index (χ1) is 19.7. The van der Waals surface area contributed by atoms with Gasteiger partial charge in [-0.3, -0.25) is 4.79 Å². The summed E-state index contributed by atoms with van der Waals surface area (Å²) >= 11 is 0. The highest BCUT2D eigenvalue weighted by atomic mass is 19.1. The van der Waals surface area contributed by atoms with Crippen LogP contribution in [0.3, 0.4) is 0 Å². The van der Waals surface area contributed by atoms with Crippen LogP contribution < -0.4 is 9.47 Å². The van der Waals surface area contributed by atoms with Gasteiger partial charge in [0.15, 0.2) is 0 Å². The van der Waals surface area contributed by atoms with Gasteiger partial charge in [0.1, 0.15) is 29.2 Å². The normalized spacial score (nSPS) is 17.1. The second-order valence-corrected chi connectivity index (χ2v) is 11.0. The quantitative estimate of drug-likeness (QED) is 0.234. The highest BCUT2D eigenvalue weighted by Crippen LogP contribution is 2.45. The second-order valence-electron chi connectivity index (χ2n) is 11.0. The summed E-state index contributed by atoms with van der Waals surface area (Å²) in [6, 6.07) is 15.4. The summed E-state index contributed by atoms with van der Waals surface area (Å²) in [5.74, 6) is 1.51. The van der Waals surface area contributed by atoms with Crippen LogP contribution in [0.5, 0.6) is 11.5 Å². The van der Waals surface area contributed by atoms with Crippen molar-refractivity contribution in [2.45, 2.75) is 59.0 Å². The van der Waals surface area contributed by atoms with Gasteiger partial charge < -0.3 is 14.2 Å². The number of nitrogens with zero attached hydrogens (tertiary/aromatic N) is 2. The number of carbonyl (C=O) groups is 1. The van der Waals surface area contributed by atoms with Crippen molar-refractivity contribution in [3.63, 3.8) is 0 Å². The fourth-order valence-corrected chi connectivity index (χ4v) is 6.37. The van der Waals surface area contributed by atoms with E-state index in [2.05, 4.69) is 35.9 Å². The van der Waals surface area contributed by atoms with Crippen molar-refractivity contribution in [1.82, 2.24) is 9.97 Å². The molecule has 2 heterocycles. The van der Waals surface area contributed by atoms with Gasteiger partial charge in [-0.2, -0.15) is 0 Å². The molecule has 1 aliphatic heterocycles. The number of methoxy groups -OCH3 is 1. The highest BCUT2D eigenvalue weighted by molar-refractivity contribution is 5.79. The maximum absolute atomic E-state index is 15.4. The molecule has 41 heavy (non-hydrogen) atoms. The van der Waals surface area contributed by atoms with Gasteiger partial charge in [-0.1, -0.05) is 12.1 Å². The molecule has 2 unspecified atom stereocenters. The van der Waals surface area contributed by atoms with Gasteiger partial charge >= 0.3 is 5.97 Å². The van der Waals surface area contributed by atoms with Crippen LogP contribution in [-0.4, -0.2) is 29.7 Å². The van der Waals surface area contributed by atoms with Crippen molar-refractivity contribution in [3.05, 3.63) is 93.7 Å². The van der Waals surface area contributed by atoms with E-state index in [0.717, 1.165) is 62.6 Å². The molecule has 0 bridgehead atoms. The Bertz CT molecular complexity index is 1640. The smallest absolute Gasteiger partial charge is 0.306 e. The number of fused-ring (bicyclic) bond motifs is 2. The fraction of sp³-hybridized carbons (Fsp3) is 0.324. The van der Waals surface area contributed by atoms with Crippen LogP contribution in [0.1, 0.15) is 64.2 Å². The van der Waals surface area contributed by atoms with E-state index in [9.17, 15) is 4.79 Å². The second kappa shape index (κ2) is 10.6. The Morgan fingerprint density at radius 3 is 2.54 bits per heavy atom. The lowest BCUT2D eigenvalue weighted by Crippen LogP contribution is -2.09. The monoisotopic (exact) mass is 552 g/mol. The molecule has 2 aliphatic rings. The molecule has 7 heteroatoms. The van der Waals surface area contributed by atoms with Crippen molar-refractivity contribution in [2.24, 2.45) is 0 Å². The van der Waals surface area contributed by atoms with Crippen LogP contribution in [0.2, 0.25) is 0 Å². The minimum atomic E-state index is -0.401. The van der Waals surface area contributed by atoms with Crippen molar-refractivity contribution in [2.75, 3.05) is 13.7 Å². The third kappa shape index (κ3) is 5.05. The Labute approximate surface area is 239 Å². The minimum absolute atomic E-state index is 0.0426. The average molecular weight is 553 g/mol. The van der Waals surface area contributed by atoms with Crippen molar-refractivity contribution < 1.29 is 23.4 Å². The Kier molecular flexibility index (Phi) is 6.98. The molecule has 0 saturated carbocycles. The number of rotatable bonds is 6. The van der Waals surface area contributed by atoms with Crippen LogP contribution in [0.4, 0.5) is 4.39 Å². The molecule has 6 nitrogen and oxygen atoms in total. The largest absolute Gasteiger partial charge is 0.492 e. The number of carbonyl (C=O) groups excluding carboxylic acids is 1. The van der Waals surface area contributed by atoms with Gasteiger partial charge in [0, 0.05) is 34.4 Å². The van der Waals surface area contributed by atoms with Gasteiger partial charge in [0.2, 0.25) is 0 Å². The van der Waals surface area contributed by atoms with Crippen LogP contribution in [0.25, 0.3) is 22.4 Å². The standard InChI is InChI=1S/C34H33FN2O4/c1-18-12-22(29-14-20(3)36-21(4)37-29)13-19(2)33(18)26-8-10-28(35)34-27(26)9-11-30(34)41-24-6-7-25-23(15-32(38)39-5)17-40-31(25)16-24/h6-8,10,12-14,16,23,30H,9,11,15,17H2,1-5H3. The number of benzene rings is 3. The third-order valence-electron chi connectivity index (χ3n) is 8.13. The molecule has 0 amide bonds. The van der Waals surface area contributed by atoms with E-state index in [1.54, 1.807) is 6.07 Å². The molecular weight excluding hydrogens is 519 g/mol. The molecule has 210 valence electrons. The molecule has 6 rings (SSSR count). The van der Waals surface area contributed by atoms with Gasteiger partial charge in [0.25, 0.3) is 0 Å². The van der Waals surface area contributed by atoms with Crippen LogP contribution in [-0.2, 0) is 16.0 Å². The minimum Gasteiger partial charge on any atom is -0.492 e. The maximum Gasteiger partial charge on any atom is 0.306 e. The van der Waals surface area contributed by atoms with E-state index in [-0.39, 0.29) is 24.1 Å². The Hall–Kier alpha value is -4.26. The van der Waals surface area contributed by atoms with E-state index in [1.807, 2.05) is 44.2 Å². The summed E-state index contributed by atoms with van der Waals surface area (Å²) in [4.78, 5) is 20.8. The van der Waals surface area contributed by atoms with Crippen LogP contribution in [0.15, 0.2) is 48.5 Å². The van der Waals surface area contributed by atoms with E-state index in [0.29, 0.717) is 30.1 Å². The van der Waals surface area contributed by atoms with Crippen molar-refractivity contribution >= 4 is 5.97 Å². The zero-order chi connectivity index (χ0) is 28.8. The van der Waals surface area contributed by atoms with Crippen molar-refractivity contribution in [3.8, 4) is 33.9 Å². The first-order valence-corrected chi connectivity index (χ1v) is 14.0. The Balaban J connectivity index is 1.30. The molecule has 0 N–H and O–H groups in total. The van der Waals surface area contributed by atoms with Gasteiger partial charge in [-0.15, -0.1) is 0 Å². The number of ether oxygens (including phenoxy) is 3. The molecule has 1 aromatic heterocycles. The van der Waals surface area contributed by atoms with E-state index >= 15 is 4.39 Å². The van der Waals surface area contributed by atoms with Crippen LogP contribution >= 0.6 is 0 Å². The Morgan fingerprint density at radius 2 is 1.80 bits per heavy atom. The summed E-state index contributed by atoms with van der Waals surface area (Å²) in [7, 11) is 1.39. The number of hydrogen-bond acceptors (Lipinski definition) is 6. The summed E-state index contributed by atoms with van der Waals surface area (Å²) in [5, 5.41) is 0. The highest BCUT2D eigenvalue weighted by Gasteiger charge is 2.32. The summed E-state index contributed by atoms with van der Waals surface area (Å²) in [5.41, 5.74) is 9.87. The molecule has 1 aliphatic carbocycles. The summed E-state index contributed by atoms with van der Waals surface area (Å²) in [6.45, 7) is 8.51. The average Bonchev–Trinajstić information content (AvgIpc) is 3.53. The summed E-state index contributed by atoms with van der Waals surface area (Å²) in [6.07, 6.45) is 1.27. The topological polar surface area (TPSA) is 70.5 Å². The lowest BCUT2D eigenvalue weighted by molar-refractivity contribution is -0.141. The van der Waals surface area contributed by atoms with Crippen molar-refractivity contribution in [1.29, 1.82) is 0 Å². The van der Waals surface area contributed by atoms with Gasteiger partial charge in [-0.05, 0) is 98.7 Å². The lowest BCUT2D eigenvalue weighted by atomic mass is 9.88. The lowest BCUT2D eigenvalue weighted by Gasteiger charge is -2.19. The molecule has 0 fully saturated rings. The summed E-state index contributed by atoms with van der Waals surface area (Å²) < 4.78 is 32.4. The van der Waals surface area contributed by atoms with Gasteiger partial charge in [-0.25, -0.2) is 14.4 Å². The van der Waals surface area contributed by atoms with E-state index < -0.39 is 6.10 Å². The number of halogens is 1. The predicted octanol–water partition coefficient (Wildman–Crippen LogP) is 7.29. The SMILES string of the molecule is COC(=O)CC1COc2cc(OC3CCc4c(-c5c(C)cc(-c6cc(C)nc(C)n6)cc5C)ccc(F)c43)ccc21. The molecular formula is C34H33FN2O4. The van der Waals surface area contributed by atoms with Crippen LogP contribution in [0, 0.1) is 33.5 Å². The fourth-order valence-electron chi connectivity index (χ4n) is 6.37. The molecule has 0 saturated heterocycles.